The van der Waals surface area contributed by atoms with E-state index < -0.39 is 11.6 Å². The van der Waals surface area contributed by atoms with Crippen LogP contribution in [0, 0.1) is 0 Å². The minimum Gasteiger partial charge on any atom is -0.508 e. The molecule has 2 aliphatic heterocycles. The van der Waals surface area contributed by atoms with E-state index >= 15 is 0 Å². The van der Waals surface area contributed by atoms with E-state index in [0.29, 0.717) is 28.2 Å². The number of rotatable bonds is 0. The van der Waals surface area contributed by atoms with Gasteiger partial charge in [-0.1, -0.05) is 11.3 Å². The Labute approximate surface area is 181 Å². The highest BCUT2D eigenvalue weighted by Crippen LogP contribution is 2.57. The maximum absolute atomic E-state index is 12.8. The monoisotopic (exact) mass is 431 g/mol. The number of nitrogens with one attached hydrogen (secondary N) is 1. The zero-order valence-electron chi connectivity index (χ0n) is 16.4. The number of anilines is 2. The Kier molecular flexibility index (Phi) is 4.16. The van der Waals surface area contributed by atoms with Gasteiger partial charge in [-0.05, 0) is 30.3 Å². The molecule has 3 heterocycles. The topological polar surface area (TPSA) is 170 Å². The molecule has 0 bridgehead atoms. The number of H-pyrrole nitrogens is 1. The number of esters is 1. The predicted molar refractivity (Wildman–Crippen MR) is 113 cm³/mol. The van der Waals surface area contributed by atoms with E-state index in [2.05, 4.69) is 15.4 Å². The van der Waals surface area contributed by atoms with Gasteiger partial charge in [0.05, 0.1) is 23.1 Å². The largest absolute Gasteiger partial charge is 0.508 e. The van der Waals surface area contributed by atoms with Gasteiger partial charge in [0.1, 0.15) is 23.0 Å². The Morgan fingerprint density at radius 2 is 1.53 bits per heavy atom. The van der Waals surface area contributed by atoms with Crippen LogP contribution in [-0.2, 0) is 10.3 Å². The van der Waals surface area contributed by atoms with Crippen molar-refractivity contribution in [3.8, 4) is 23.0 Å². The molecule has 0 radical (unpaired) electrons. The summed E-state index contributed by atoms with van der Waals surface area (Å²) < 4.78 is 11.8. The van der Waals surface area contributed by atoms with E-state index in [-0.39, 0.29) is 28.4 Å². The lowest BCUT2D eigenvalue weighted by Gasteiger charge is -2.36. The fourth-order valence-corrected chi connectivity index (χ4v) is 4.00. The highest BCUT2D eigenvalue weighted by molar-refractivity contribution is 6.04. The molecule has 0 aliphatic carbocycles. The molecule has 0 fully saturated rings. The highest BCUT2D eigenvalue weighted by atomic mass is 16.6. The third kappa shape index (κ3) is 2.70. The number of phenols is 2. The molecule has 7 N–H and O–H groups in total. The number of aromatic amines is 1. The number of aromatic nitrogens is 3. The van der Waals surface area contributed by atoms with Crippen molar-refractivity contribution in [2.24, 2.45) is 0 Å². The van der Waals surface area contributed by atoms with E-state index in [1.54, 1.807) is 36.7 Å². The van der Waals surface area contributed by atoms with Gasteiger partial charge in [0.15, 0.2) is 5.60 Å². The van der Waals surface area contributed by atoms with Crippen LogP contribution in [0.1, 0.15) is 27.0 Å². The van der Waals surface area contributed by atoms with Gasteiger partial charge >= 0.3 is 5.97 Å². The minimum atomic E-state index is -1.32. The number of nitrogens with zero attached hydrogens (tertiary/aromatic N) is 2. The van der Waals surface area contributed by atoms with Crippen molar-refractivity contribution in [3.63, 3.8) is 0 Å². The van der Waals surface area contributed by atoms with E-state index in [4.69, 9.17) is 20.9 Å². The van der Waals surface area contributed by atoms with Crippen LogP contribution >= 0.6 is 0 Å². The van der Waals surface area contributed by atoms with Crippen molar-refractivity contribution < 1.29 is 24.5 Å². The van der Waals surface area contributed by atoms with Crippen molar-refractivity contribution in [2.45, 2.75) is 5.60 Å². The molecule has 6 rings (SSSR count). The molecule has 2 aliphatic rings. The first-order chi connectivity index (χ1) is 15.4. The Bertz CT molecular complexity index is 1280. The van der Waals surface area contributed by atoms with Gasteiger partial charge in [0.2, 0.25) is 0 Å². The number of phenolic OH excluding ortho intramolecular Hbond substituents is 2. The second kappa shape index (κ2) is 6.91. The first-order valence-corrected chi connectivity index (χ1v) is 9.49. The summed E-state index contributed by atoms with van der Waals surface area (Å²) in [7, 11) is 0. The molecule has 0 atom stereocenters. The summed E-state index contributed by atoms with van der Waals surface area (Å²) in [6.07, 6.45) is 3.24. The molecular weight excluding hydrogens is 414 g/mol. The van der Waals surface area contributed by atoms with Crippen LogP contribution in [-0.4, -0.2) is 31.6 Å². The molecular formula is C22H17N5O5. The number of hydrogen-bond donors (Lipinski definition) is 5. The van der Waals surface area contributed by atoms with Gasteiger partial charge in [0.25, 0.3) is 0 Å². The van der Waals surface area contributed by atoms with Crippen LogP contribution in [0.25, 0.3) is 0 Å². The van der Waals surface area contributed by atoms with Crippen LogP contribution < -0.4 is 16.2 Å². The average Bonchev–Trinajstić information content (AvgIpc) is 3.42. The standard InChI is InChI=1S/C20H14N2O5.C2H3N3/c21-14-6-5-13-17(18(14)22)19(25)27-20(13)11-3-1-9(23)7-15(11)26-16-8-10(24)2-4-12(16)20;1-2-4-5-3-1/h1-8,23-24H,21-22H2;1-2H,(H,3,4,5). The number of carbonyl (C=O) groups is 1. The minimum absolute atomic E-state index is 0.00568. The third-order valence-electron chi connectivity index (χ3n) is 5.35. The maximum atomic E-state index is 12.8. The van der Waals surface area contributed by atoms with Crippen molar-refractivity contribution in [2.75, 3.05) is 11.5 Å². The smallest absolute Gasteiger partial charge is 0.342 e. The van der Waals surface area contributed by atoms with Gasteiger partial charge in [-0.25, -0.2) is 4.79 Å². The average molecular weight is 431 g/mol. The van der Waals surface area contributed by atoms with Crippen molar-refractivity contribution >= 4 is 17.3 Å². The first kappa shape index (κ1) is 19.2. The Hall–Kier alpha value is -4.73. The number of carbonyl (C=O) groups excluding carboxylic acids is 1. The van der Waals surface area contributed by atoms with E-state index in [9.17, 15) is 15.0 Å². The molecule has 0 saturated carbocycles. The van der Waals surface area contributed by atoms with Crippen LogP contribution in [0.3, 0.4) is 0 Å². The zero-order chi connectivity index (χ0) is 22.5. The number of aromatic hydroxyl groups is 2. The summed E-state index contributed by atoms with van der Waals surface area (Å²) in [4.78, 5) is 12.8. The first-order valence-electron chi connectivity index (χ1n) is 9.49. The molecule has 4 aromatic rings. The highest BCUT2D eigenvalue weighted by Gasteiger charge is 2.54. The van der Waals surface area contributed by atoms with Crippen LogP contribution in [0.4, 0.5) is 11.4 Å². The molecule has 10 nitrogen and oxygen atoms in total. The second-order valence-electron chi connectivity index (χ2n) is 7.19. The maximum Gasteiger partial charge on any atom is 0.342 e. The second-order valence-corrected chi connectivity index (χ2v) is 7.19. The van der Waals surface area contributed by atoms with Gasteiger partial charge in [0, 0.05) is 35.0 Å². The lowest BCUT2D eigenvalue weighted by atomic mass is 9.77. The molecule has 10 heteroatoms. The lowest BCUT2D eigenvalue weighted by Crippen LogP contribution is -2.32. The van der Waals surface area contributed by atoms with E-state index in [0.717, 1.165) is 0 Å². The summed E-state index contributed by atoms with van der Waals surface area (Å²) in [5, 5.41) is 29.0. The van der Waals surface area contributed by atoms with E-state index in [1.807, 2.05) is 0 Å². The molecule has 3 aromatic carbocycles. The molecule has 160 valence electrons. The van der Waals surface area contributed by atoms with Gasteiger partial charge in [-0.2, -0.15) is 0 Å². The van der Waals surface area contributed by atoms with Crippen molar-refractivity contribution in [1.82, 2.24) is 15.4 Å². The lowest BCUT2D eigenvalue weighted by molar-refractivity contribution is 0.0224. The number of fused-ring (bicyclic) bond motifs is 6. The quantitative estimate of drug-likeness (QED) is 0.207. The van der Waals surface area contributed by atoms with Crippen molar-refractivity contribution in [3.05, 3.63) is 83.2 Å². The van der Waals surface area contributed by atoms with Gasteiger partial charge in [-0.3, -0.25) is 5.10 Å². The number of ether oxygens (including phenoxy) is 2. The van der Waals surface area contributed by atoms with Crippen LogP contribution in [0.5, 0.6) is 23.0 Å². The zero-order valence-corrected chi connectivity index (χ0v) is 16.4. The number of hydrogen-bond acceptors (Lipinski definition) is 9. The molecule has 0 amide bonds. The molecule has 32 heavy (non-hydrogen) atoms. The summed E-state index contributed by atoms with van der Waals surface area (Å²) in [6, 6.07) is 12.4. The van der Waals surface area contributed by atoms with Gasteiger partial charge < -0.3 is 31.2 Å². The Balaban J connectivity index is 0.000000383. The Morgan fingerprint density at radius 3 is 2.06 bits per heavy atom. The predicted octanol–water partition coefficient (Wildman–Crippen LogP) is 2.63. The SMILES string of the molecule is Nc1ccc2c(c1N)C(=O)OC21c2ccc(O)cc2Oc2cc(O)ccc21.c1c[nH]nn1. The number of nitrogens with two attached hydrogens (primary N) is 2. The summed E-state index contributed by atoms with van der Waals surface area (Å²) >= 11 is 0. The normalized spacial score (nSPS) is 14.3. The Morgan fingerprint density at radius 1 is 0.906 bits per heavy atom. The summed E-state index contributed by atoms with van der Waals surface area (Å²) in [5.41, 5.74) is 12.9. The molecule has 1 spiro atoms. The number of nitrogen functional groups attached to an aromatic ring is 2. The van der Waals surface area contributed by atoms with E-state index in [1.165, 1.54) is 24.3 Å². The fraction of sp³-hybridized carbons (Fsp3) is 0.0455. The van der Waals surface area contributed by atoms with Crippen LogP contribution in [0.15, 0.2) is 60.9 Å². The van der Waals surface area contributed by atoms with Crippen LogP contribution in [0.2, 0.25) is 0 Å². The fourth-order valence-electron chi connectivity index (χ4n) is 4.00. The van der Waals surface area contributed by atoms with Gasteiger partial charge in [-0.15, -0.1) is 5.10 Å². The molecule has 0 unspecified atom stereocenters. The molecule has 0 saturated heterocycles. The summed E-state index contributed by atoms with van der Waals surface area (Å²) in [6.45, 7) is 0. The van der Waals surface area contributed by atoms with Crippen molar-refractivity contribution in [1.29, 1.82) is 0 Å². The number of benzene rings is 3. The summed E-state index contributed by atoms with van der Waals surface area (Å²) in [5.74, 6) is 0.00535. The molecule has 1 aromatic heterocycles. The third-order valence-corrected chi connectivity index (χ3v) is 5.35.